The molecule has 2 heterocycles. The van der Waals surface area contributed by atoms with Crippen molar-refractivity contribution in [3.63, 3.8) is 0 Å². The normalized spacial score (nSPS) is 18.4. The molecule has 1 unspecified atom stereocenters. The summed E-state index contributed by atoms with van der Waals surface area (Å²) < 4.78 is 18.5. The maximum atomic E-state index is 13.4. The Kier molecular flexibility index (Phi) is 6.24. The van der Waals surface area contributed by atoms with Crippen molar-refractivity contribution in [2.24, 2.45) is 11.0 Å². The lowest BCUT2D eigenvalue weighted by molar-refractivity contribution is -0.142. The second-order valence-electron chi connectivity index (χ2n) is 7.56. The van der Waals surface area contributed by atoms with Crippen molar-refractivity contribution in [2.45, 2.75) is 25.3 Å². The topological polar surface area (TPSA) is 62.2 Å². The molecule has 0 saturated heterocycles. The van der Waals surface area contributed by atoms with Crippen LogP contribution in [0.3, 0.4) is 0 Å². The Hall–Kier alpha value is -2.58. The molecule has 0 N–H and O–H groups in total. The van der Waals surface area contributed by atoms with Crippen LogP contribution in [0.25, 0.3) is 0 Å². The van der Waals surface area contributed by atoms with Gasteiger partial charge >= 0.3 is 0 Å². The van der Waals surface area contributed by atoms with Crippen LogP contribution in [0.2, 0.25) is 0 Å². The quantitative estimate of drug-likeness (QED) is 0.646. The molecule has 0 bridgehead atoms. The van der Waals surface area contributed by atoms with E-state index in [2.05, 4.69) is 5.10 Å². The molecule has 0 spiro atoms. The van der Waals surface area contributed by atoms with Gasteiger partial charge in [-0.1, -0.05) is 18.2 Å². The molecule has 1 aliphatic carbocycles. The van der Waals surface area contributed by atoms with Gasteiger partial charge in [-0.3, -0.25) is 9.59 Å². The number of hydrogen-bond donors (Lipinski definition) is 0. The number of halogens is 1. The number of carbonyl (C=O) groups is 2. The van der Waals surface area contributed by atoms with Gasteiger partial charge in [0.15, 0.2) is 0 Å². The fraction of sp³-hybridized carbons (Fsp3) is 0.409. The fourth-order valence-corrected chi connectivity index (χ4v) is 4.29. The molecule has 4 rings (SSSR count). The number of benzene rings is 1. The number of nitrogens with zero attached hydrogens (tertiary/aromatic N) is 3. The van der Waals surface area contributed by atoms with E-state index in [9.17, 15) is 14.0 Å². The van der Waals surface area contributed by atoms with Crippen molar-refractivity contribution in [1.82, 2.24) is 9.91 Å². The minimum Gasteiger partial charge on any atom is -0.383 e. The van der Waals surface area contributed by atoms with Crippen molar-refractivity contribution >= 4 is 28.9 Å². The smallest absolute Gasteiger partial charge is 0.262 e. The predicted molar refractivity (Wildman–Crippen MR) is 113 cm³/mol. The summed E-state index contributed by atoms with van der Waals surface area (Å²) in [4.78, 5) is 28.4. The van der Waals surface area contributed by atoms with Gasteiger partial charge in [0.05, 0.1) is 23.2 Å². The zero-order chi connectivity index (χ0) is 21.1. The average Bonchev–Trinajstić information content (AvgIpc) is 3.26. The molecule has 2 aromatic rings. The van der Waals surface area contributed by atoms with Crippen LogP contribution < -0.4 is 0 Å². The molecule has 1 atom stereocenters. The van der Waals surface area contributed by atoms with Crippen LogP contribution in [0.15, 0.2) is 46.9 Å². The first-order valence-electron chi connectivity index (χ1n) is 10.0. The number of amides is 2. The van der Waals surface area contributed by atoms with E-state index in [1.807, 2.05) is 17.5 Å². The van der Waals surface area contributed by atoms with Crippen molar-refractivity contribution in [3.8, 4) is 0 Å². The van der Waals surface area contributed by atoms with E-state index in [4.69, 9.17) is 4.74 Å². The molecule has 0 radical (unpaired) electrons. The molecule has 6 nitrogen and oxygen atoms in total. The summed E-state index contributed by atoms with van der Waals surface area (Å²) in [6.07, 6.45) is 2.30. The lowest BCUT2D eigenvalue weighted by Gasteiger charge is -2.27. The second kappa shape index (κ2) is 9.06. The molecular formula is C22H24FN3O3S. The molecule has 1 fully saturated rings. The van der Waals surface area contributed by atoms with Crippen LogP contribution in [0, 0.1) is 11.7 Å². The maximum Gasteiger partial charge on any atom is 0.262 e. The molecule has 2 amide bonds. The highest BCUT2D eigenvalue weighted by atomic mass is 32.1. The Morgan fingerprint density at radius 2 is 2.03 bits per heavy atom. The van der Waals surface area contributed by atoms with Gasteiger partial charge in [-0.2, -0.15) is 5.10 Å². The summed E-state index contributed by atoms with van der Waals surface area (Å²) >= 11 is 1.57. The number of ether oxygens (including phenoxy) is 1. The Balaban J connectivity index is 1.57. The highest BCUT2D eigenvalue weighted by molar-refractivity contribution is 7.12. The Morgan fingerprint density at radius 3 is 2.67 bits per heavy atom. The van der Waals surface area contributed by atoms with Gasteiger partial charge < -0.3 is 9.64 Å². The SMILES string of the molecule is COCCN(CC(=O)N1N=C(c2cccs2)CC1c1ccc(F)cc1)C(=O)C1CC1. The third kappa shape index (κ3) is 4.60. The van der Waals surface area contributed by atoms with Crippen LogP contribution >= 0.6 is 11.3 Å². The predicted octanol–water partition coefficient (Wildman–Crippen LogP) is 3.45. The van der Waals surface area contributed by atoms with Crippen LogP contribution in [-0.4, -0.2) is 54.2 Å². The molecule has 1 saturated carbocycles. The Morgan fingerprint density at radius 1 is 1.27 bits per heavy atom. The van der Waals surface area contributed by atoms with Crippen molar-refractivity contribution in [2.75, 3.05) is 26.8 Å². The standard InChI is InChI=1S/C22H24FN3O3S/c1-29-11-10-25(22(28)16-4-5-16)14-21(27)26-19(15-6-8-17(23)9-7-15)13-18(24-26)20-3-2-12-30-20/h2-3,6-9,12,16,19H,4-5,10-11,13-14H2,1H3. The molecule has 2 aliphatic rings. The van der Waals surface area contributed by atoms with Crippen molar-refractivity contribution < 1.29 is 18.7 Å². The van der Waals surface area contributed by atoms with Gasteiger partial charge in [0, 0.05) is 26.0 Å². The summed E-state index contributed by atoms with van der Waals surface area (Å²) in [6.45, 7) is 0.697. The number of thiophene rings is 1. The number of methoxy groups -OCH3 is 1. The van der Waals surface area contributed by atoms with Gasteiger partial charge in [0.25, 0.3) is 5.91 Å². The van der Waals surface area contributed by atoms with Crippen molar-refractivity contribution in [3.05, 3.63) is 58.0 Å². The molecule has 158 valence electrons. The van der Waals surface area contributed by atoms with Gasteiger partial charge in [-0.05, 0) is 42.0 Å². The largest absolute Gasteiger partial charge is 0.383 e. The third-order valence-corrected chi connectivity index (χ3v) is 6.27. The Labute approximate surface area is 178 Å². The van der Waals surface area contributed by atoms with Gasteiger partial charge in [-0.25, -0.2) is 9.40 Å². The summed E-state index contributed by atoms with van der Waals surface area (Å²) in [6, 6.07) is 9.75. The molecule has 1 aliphatic heterocycles. The first kappa shape index (κ1) is 20.7. The monoisotopic (exact) mass is 429 g/mol. The minimum atomic E-state index is -0.324. The van der Waals surface area contributed by atoms with E-state index < -0.39 is 0 Å². The highest BCUT2D eigenvalue weighted by Gasteiger charge is 2.37. The Bertz CT molecular complexity index is 926. The zero-order valence-electron chi connectivity index (χ0n) is 16.8. The van der Waals surface area contributed by atoms with Crippen molar-refractivity contribution in [1.29, 1.82) is 0 Å². The summed E-state index contributed by atoms with van der Waals surface area (Å²) in [5, 5.41) is 8.04. The molecule has 30 heavy (non-hydrogen) atoms. The molecule has 8 heteroatoms. The van der Waals surface area contributed by atoms with Crippen LogP contribution in [-0.2, 0) is 14.3 Å². The van der Waals surface area contributed by atoms with Gasteiger partial charge in [-0.15, -0.1) is 11.3 Å². The van der Waals surface area contributed by atoms with Gasteiger partial charge in [0.1, 0.15) is 12.4 Å². The van der Waals surface area contributed by atoms with E-state index in [-0.39, 0.29) is 36.1 Å². The van der Waals surface area contributed by atoms with E-state index in [0.29, 0.717) is 19.6 Å². The number of carbonyl (C=O) groups excluding carboxylic acids is 2. The number of rotatable bonds is 8. The first-order chi connectivity index (χ1) is 14.6. The summed E-state index contributed by atoms with van der Waals surface area (Å²) in [5.74, 6) is -0.553. The van der Waals surface area contributed by atoms with Crippen LogP contribution in [0.4, 0.5) is 4.39 Å². The van der Waals surface area contributed by atoms with E-state index in [1.54, 1.807) is 35.5 Å². The van der Waals surface area contributed by atoms with Crippen LogP contribution in [0.5, 0.6) is 0 Å². The zero-order valence-corrected chi connectivity index (χ0v) is 17.6. The van der Waals surface area contributed by atoms with E-state index >= 15 is 0 Å². The van der Waals surface area contributed by atoms with Gasteiger partial charge in [0.2, 0.25) is 5.91 Å². The van der Waals surface area contributed by atoms with E-state index in [1.165, 1.54) is 17.1 Å². The minimum absolute atomic E-state index is 0.000360. The molecular weight excluding hydrogens is 405 g/mol. The third-order valence-electron chi connectivity index (χ3n) is 5.36. The molecule has 1 aromatic heterocycles. The summed E-state index contributed by atoms with van der Waals surface area (Å²) in [7, 11) is 1.57. The second-order valence-corrected chi connectivity index (χ2v) is 8.51. The van der Waals surface area contributed by atoms with Crippen LogP contribution in [0.1, 0.15) is 35.7 Å². The lowest BCUT2D eigenvalue weighted by Crippen LogP contribution is -2.43. The fourth-order valence-electron chi connectivity index (χ4n) is 3.57. The van der Waals surface area contributed by atoms with E-state index in [0.717, 1.165) is 29.0 Å². The highest BCUT2D eigenvalue weighted by Crippen LogP contribution is 2.35. The number of hydrazone groups is 1. The first-order valence-corrected chi connectivity index (χ1v) is 10.9. The average molecular weight is 430 g/mol. The summed E-state index contributed by atoms with van der Waals surface area (Å²) in [5.41, 5.74) is 1.64. The molecule has 1 aromatic carbocycles. The lowest BCUT2D eigenvalue weighted by atomic mass is 10.0. The maximum absolute atomic E-state index is 13.4. The number of hydrogen-bond acceptors (Lipinski definition) is 5.